The Labute approximate surface area is 112 Å². The van der Waals surface area contributed by atoms with E-state index in [1.807, 2.05) is 32.9 Å². The molecule has 0 amide bonds. The van der Waals surface area contributed by atoms with Crippen LogP contribution in [-0.2, 0) is 0 Å². The van der Waals surface area contributed by atoms with E-state index >= 15 is 0 Å². The van der Waals surface area contributed by atoms with Crippen LogP contribution in [-0.4, -0.2) is 5.11 Å². The van der Waals surface area contributed by atoms with E-state index in [-0.39, 0.29) is 17.7 Å². The molecular formula is C16H17FO2. The maximum Gasteiger partial charge on any atom is 0.125 e. The first-order valence-electron chi connectivity index (χ1n) is 6.19. The zero-order valence-corrected chi connectivity index (χ0v) is 11.3. The van der Waals surface area contributed by atoms with E-state index < -0.39 is 0 Å². The van der Waals surface area contributed by atoms with Gasteiger partial charge in [-0.15, -0.1) is 0 Å². The largest absolute Gasteiger partial charge is 0.507 e. The van der Waals surface area contributed by atoms with Gasteiger partial charge in [0.25, 0.3) is 0 Å². The number of ether oxygens (including phenoxy) is 1. The Bertz CT molecular complexity index is 576. The normalized spacial score (nSPS) is 12.2. The Balaban J connectivity index is 2.24. The molecule has 2 rings (SSSR count). The number of phenolic OH excluding ortho intramolecular Hbond substituents is 1. The topological polar surface area (TPSA) is 29.5 Å². The van der Waals surface area contributed by atoms with Crippen molar-refractivity contribution in [3.8, 4) is 11.5 Å². The highest BCUT2D eigenvalue weighted by atomic mass is 19.1. The lowest BCUT2D eigenvalue weighted by atomic mass is 10.0. The van der Waals surface area contributed by atoms with Crippen LogP contribution in [0.2, 0.25) is 0 Å². The fourth-order valence-electron chi connectivity index (χ4n) is 2.08. The van der Waals surface area contributed by atoms with Crippen LogP contribution in [0.4, 0.5) is 4.39 Å². The number of aromatic hydroxyl groups is 1. The molecule has 0 fully saturated rings. The summed E-state index contributed by atoms with van der Waals surface area (Å²) in [5.74, 6) is 0.530. The van der Waals surface area contributed by atoms with Gasteiger partial charge in [-0.05, 0) is 56.7 Å². The second kappa shape index (κ2) is 5.31. The lowest BCUT2D eigenvalue weighted by Crippen LogP contribution is -2.04. The van der Waals surface area contributed by atoms with Crippen molar-refractivity contribution in [1.82, 2.24) is 0 Å². The third-order valence-corrected chi connectivity index (χ3v) is 3.04. The summed E-state index contributed by atoms with van der Waals surface area (Å²) >= 11 is 0. The van der Waals surface area contributed by atoms with E-state index in [4.69, 9.17) is 4.74 Å². The second-order valence-corrected chi connectivity index (χ2v) is 4.73. The van der Waals surface area contributed by atoms with Gasteiger partial charge in [0.15, 0.2) is 0 Å². The van der Waals surface area contributed by atoms with Gasteiger partial charge in [-0.2, -0.15) is 0 Å². The molecule has 0 spiro atoms. The Morgan fingerprint density at radius 3 is 2.37 bits per heavy atom. The molecular weight excluding hydrogens is 243 g/mol. The number of phenols is 1. The van der Waals surface area contributed by atoms with Crippen molar-refractivity contribution in [1.29, 1.82) is 0 Å². The smallest absolute Gasteiger partial charge is 0.125 e. The van der Waals surface area contributed by atoms with Gasteiger partial charge < -0.3 is 9.84 Å². The molecule has 0 saturated carbocycles. The Morgan fingerprint density at radius 1 is 1.11 bits per heavy atom. The Morgan fingerprint density at radius 2 is 1.74 bits per heavy atom. The van der Waals surface area contributed by atoms with Crippen LogP contribution in [0.1, 0.15) is 29.7 Å². The predicted octanol–water partition coefficient (Wildman–Crippen LogP) is 4.29. The van der Waals surface area contributed by atoms with E-state index in [1.54, 1.807) is 12.1 Å². The summed E-state index contributed by atoms with van der Waals surface area (Å²) in [6.07, 6.45) is -0.302. The molecule has 1 N–H and O–H groups in total. The third-order valence-electron chi connectivity index (χ3n) is 3.04. The van der Waals surface area contributed by atoms with Gasteiger partial charge in [0.2, 0.25) is 0 Å². The van der Waals surface area contributed by atoms with Gasteiger partial charge in [0, 0.05) is 5.56 Å². The molecule has 0 heterocycles. The van der Waals surface area contributed by atoms with E-state index in [2.05, 4.69) is 0 Å². The average Bonchev–Trinajstić information content (AvgIpc) is 2.36. The van der Waals surface area contributed by atoms with Crippen molar-refractivity contribution in [2.75, 3.05) is 0 Å². The summed E-state index contributed by atoms with van der Waals surface area (Å²) in [6.45, 7) is 5.69. The maximum atomic E-state index is 12.8. The molecule has 3 heteroatoms. The molecule has 0 aromatic heterocycles. The van der Waals surface area contributed by atoms with E-state index in [1.165, 1.54) is 12.1 Å². The summed E-state index contributed by atoms with van der Waals surface area (Å²) in [6, 6.07) is 9.67. The minimum atomic E-state index is -0.302. The Kier molecular flexibility index (Phi) is 3.74. The summed E-state index contributed by atoms with van der Waals surface area (Å²) < 4.78 is 18.5. The second-order valence-electron chi connectivity index (χ2n) is 4.73. The summed E-state index contributed by atoms with van der Waals surface area (Å²) in [4.78, 5) is 0. The van der Waals surface area contributed by atoms with Gasteiger partial charge in [-0.3, -0.25) is 0 Å². The van der Waals surface area contributed by atoms with E-state index in [0.717, 1.165) is 16.7 Å². The van der Waals surface area contributed by atoms with Gasteiger partial charge in [-0.25, -0.2) is 4.39 Å². The lowest BCUT2D eigenvalue weighted by Gasteiger charge is -2.18. The molecule has 0 aliphatic heterocycles. The van der Waals surface area contributed by atoms with Crippen LogP contribution in [0.15, 0.2) is 36.4 Å². The van der Waals surface area contributed by atoms with Crippen LogP contribution in [0.5, 0.6) is 11.5 Å². The highest BCUT2D eigenvalue weighted by molar-refractivity contribution is 5.44. The first-order valence-corrected chi connectivity index (χ1v) is 6.19. The predicted molar refractivity (Wildman–Crippen MR) is 73.0 cm³/mol. The quantitative estimate of drug-likeness (QED) is 0.892. The van der Waals surface area contributed by atoms with Crippen LogP contribution in [0.25, 0.3) is 0 Å². The van der Waals surface area contributed by atoms with Crippen molar-refractivity contribution in [3.05, 3.63) is 58.9 Å². The molecule has 0 bridgehead atoms. The molecule has 1 atom stereocenters. The molecule has 100 valence electrons. The first-order chi connectivity index (χ1) is 8.97. The first kappa shape index (κ1) is 13.4. The number of benzene rings is 2. The summed E-state index contributed by atoms with van der Waals surface area (Å²) in [7, 11) is 0. The average molecular weight is 260 g/mol. The van der Waals surface area contributed by atoms with Gasteiger partial charge >= 0.3 is 0 Å². The molecule has 0 aliphatic carbocycles. The van der Waals surface area contributed by atoms with E-state index in [0.29, 0.717) is 5.75 Å². The van der Waals surface area contributed by atoms with Crippen LogP contribution in [0, 0.1) is 19.7 Å². The van der Waals surface area contributed by atoms with Crippen LogP contribution in [0.3, 0.4) is 0 Å². The number of hydrogen-bond donors (Lipinski definition) is 1. The molecule has 2 aromatic rings. The van der Waals surface area contributed by atoms with Crippen molar-refractivity contribution < 1.29 is 14.2 Å². The zero-order chi connectivity index (χ0) is 14.0. The Hall–Kier alpha value is -2.03. The molecule has 2 aromatic carbocycles. The minimum Gasteiger partial charge on any atom is -0.507 e. The standard InChI is InChI=1S/C16H17FO2/c1-10-8-11(2)16(18)15(9-10)12(3)19-14-6-4-13(17)5-7-14/h4-9,12,18H,1-3H3. The van der Waals surface area contributed by atoms with Crippen molar-refractivity contribution in [3.63, 3.8) is 0 Å². The summed E-state index contributed by atoms with van der Waals surface area (Å²) in [5, 5.41) is 10.1. The number of hydrogen-bond acceptors (Lipinski definition) is 2. The van der Waals surface area contributed by atoms with Crippen molar-refractivity contribution in [2.45, 2.75) is 26.9 Å². The maximum absolute atomic E-state index is 12.8. The lowest BCUT2D eigenvalue weighted by molar-refractivity contribution is 0.221. The molecule has 0 saturated heterocycles. The monoisotopic (exact) mass is 260 g/mol. The SMILES string of the molecule is Cc1cc(C)c(O)c(C(C)Oc2ccc(F)cc2)c1. The molecule has 19 heavy (non-hydrogen) atoms. The highest BCUT2D eigenvalue weighted by Gasteiger charge is 2.14. The minimum absolute atomic E-state index is 0.250. The molecule has 0 aliphatic rings. The van der Waals surface area contributed by atoms with Gasteiger partial charge in [0.1, 0.15) is 23.4 Å². The highest BCUT2D eigenvalue weighted by Crippen LogP contribution is 2.31. The molecule has 1 unspecified atom stereocenters. The molecule has 2 nitrogen and oxygen atoms in total. The fraction of sp³-hybridized carbons (Fsp3) is 0.250. The zero-order valence-electron chi connectivity index (χ0n) is 11.3. The van der Waals surface area contributed by atoms with Gasteiger partial charge in [-0.1, -0.05) is 11.6 Å². The van der Waals surface area contributed by atoms with Gasteiger partial charge in [0.05, 0.1) is 0 Å². The number of aryl methyl sites for hydroxylation is 2. The van der Waals surface area contributed by atoms with Crippen LogP contribution >= 0.6 is 0 Å². The van der Waals surface area contributed by atoms with E-state index in [9.17, 15) is 9.50 Å². The number of halogens is 1. The molecule has 0 radical (unpaired) electrons. The van der Waals surface area contributed by atoms with Crippen molar-refractivity contribution in [2.24, 2.45) is 0 Å². The summed E-state index contributed by atoms with van der Waals surface area (Å²) in [5.41, 5.74) is 2.63. The third kappa shape index (κ3) is 3.05. The fourth-order valence-corrected chi connectivity index (χ4v) is 2.08. The van der Waals surface area contributed by atoms with Crippen LogP contribution < -0.4 is 4.74 Å². The number of rotatable bonds is 3. The van der Waals surface area contributed by atoms with Crippen molar-refractivity contribution >= 4 is 0 Å².